The van der Waals surface area contributed by atoms with Gasteiger partial charge in [-0.05, 0) is 0 Å². The standard InChI is InChI=1S/C8H16N2O4S/c1-8(11)9-2-7-15(12,13)10-3-5-14-6-4-10/h2-7H2,1H3,(H,9,11). The van der Waals surface area contributed by atoms with E-state index in [4.69, 9.17) is 4.74 Å². The Morgan fingerprint density at radius 3 is 2.53 bits per heavy atom. The van der Waals surface area contributed by atoms with Crippen molar-refractivity contribution in [3.05, 3.63) is 0 Å². The number of rotatable bonds is 4. The van der Waals surface area contributed by atoms with E-state index in [1.807, 2.05) is 0 Å². The predicted octanol–water partition coefficient (Wildman–Crippen LogP) is -1.22. The smallest absolute Gasteiger partial charge is 0.216 e. The fourth-order valence-corrected chi connectivity index (χ4v) is 2.63. The number of ether oxygens (including phenoxy) is 1. The third kappa shape index (κ3) is 4.15. The summed E-state index contributed by atoms with van der Waals surface area (Å²) in [5, 5.41) is 2.46. The fraction of sp³-hybridized carbons (Fsp3) is 0.875. The molecule has 0 bridgehead atoms. The molecule has 0 saturated carbocycles. The molecule has 15 heavy (non-hydrogen) atoms. The minimum atomic E-state index is -3.24. The molecule has 6 nitrogen and oxygen atoms in total. The van der Waals surface area contributed by atoms with Gasteiger partial charge in [-0.2, -0.15) is 4.31 Å². The normalized spacial score (nSPS) is 18.7. The summed E-state index contributed by atoms with van der Waals surface area (Å²) >= 11 is 0. The Morgan fingerprint density at radius 2 is 2.00 bits per heavy atom. The Bertz CT molecular complexity index is 309. The number of hydrogen-bond donors (Lipinski definition) is 1. The van der Waals surface area contributed by atoms with Crippen molar-refractivity contribution in [1.29, 1.82) is 0 Å². The van der Waals surface area contributed by atoms with Gasteiger partial charge in [-0.1, -0.05) is 0 Å². The molecule has 1 aliphatic rings. The number of morpholine rings is 1. The highest BCUT2D eigenvalue weighted by Crippen LogP contribution is 2.04. The van der Waals surface area contributed by atoms with Gasteiger partial charge < -0.3 is 10.1 Å². The number of nitrogens with zero attached hydrogens (tertiary/aromatic N) is 1. The summed E-state index contributed by atoms with van der Waals surface area (Å²) < 4.78 is 29.8. The molecule has 0 aromatic heterocycles. The van der Waals surface area contributed by atoms with E-state index in [-0.39, 0.29) is 18.2 Å². The zero-order valence-corrected chi connectivity index (χ0v) is 9.55. The Morgan fingerprint density at radius 1 is 1.40 bits per heavy atom. The first kappa shape index (κ1) is 12.4. The van der Waals surface area contributed by atoms with E-state index in [1.54, 1.807) is 0 Å². The Kier molecular flexibility index (Phi) is 4.49. The van der Waals surface area contributed by atoms with E-state index >= 15 is 0 Å². The molecule has 0 spiro atoms. The maximum absolute atomic E-state index is 11.7. The number of nitrogens with one attached hydrogen (secondary N) is 1. The summed E-state index contributed by atoms with van der Waals surface area (Å²) in [5.74, 6) is -0.265. The molecule has 0 aliphatic carbocycles. The molecule has 1 amide bonds. The lowest BCUT2D eigenvalue weighted by molar-refractivity contribution is -0.118. The SMILES string of the molecule is CC(=O)NCCS(=O)(=O)N1CCOCC1. The van der Waals surface area contributed by atoms with Crippen LogP contribution in [0.1, 0.15) is 6.92 Å². The summed E-state index contributed by atoms with van der Waals surface area (Å²) in [6.07, 6.45) is 0. The van der Waals surface area contributed by atoms with Crippen LogP contribution in [0.5, 0.6) is 0 Å². The van der Waals surface area contributed by atoms with Crippen LogP contribution in [0.3, 0.4) is 0 Å². The summed E-state index contributed by atoms with van der Waals surface area (Å²) in [6, 6.07) is 0. The number of carbonyl (C=O) groups is 1. The second kappa shape index (κ2) is 5.43. The molecule has 1 N–H and O–H groups in total. The molecule has 1 heterocycles. The zero-order chi connectivity index (χ0) is 11.3. The van der Waals surface area contributed by atoms with E-state index in [2.05, 4.69) is 5.32 Å². The maximum Gasteiger partial charge on any atom is 0.216 e. The summed E-state index contributed by atoms with van der Waals surface area (Å²) in [7, 11) is -3.24. The molecule has 0 atom stereocenters. The van der Waals surface area contributed by atoms with Gasteiger partial charge in [0.15, 0.2) is 0 Å². The first-order chi connectivity index (χ1) is 7.02. The second-order valence-corrected chi connectivity index (χ2v) is 5.40. The first-order valence-corrected chi connectivity index (χ1v) is 6.43. The van der Waals surface area contributed by atoms with Crippen molar-refractivity contribution in [3.8, 4) is 0 Å². The van der Waals surface area contributed by atoms with Gasteiger partial charge in [-0.3, -0.25) is 4.79 Å². The predicted molar refractivity (Wildman–Crippen MR) is 54.9 cm³/mol. The minimum Gasteiger partial charge on any atom is -0.379 e. The molecule has 0 aromatic carbocycles. The molecule has 88 valence electrons. The van der Waals surface area contributed by atoms with Crippen molar-refractivity contribution in [2.24, 2.45) is 0 Å². The molecule has 7 heteroatoms. The van der Waals surface area contributed by atoms with Gasteiger partial charge in [-0.15, -0.1) is 0 Å². The van der Waals surface area contributed by atoms with Crippen LogP contribution in [0.2, 0.25) is 0 Å². The van der Waals surface area contributed by atoms with Crippen molar-refractivity contribution in [3.63, 3.8) is 0 Å². The van der Waals surface area contributed by atoms with Gasteiger partial charge >= 0.3 is 0 Å². The third-order valence-corrected chi connectivity index (χ3v) is 3.97. The van der Waals surface area contributed by atoms with E-state index in [0.29, 0.717) is 26.3 Å². The molecule has 0 aromatic rings. The Labute approximate surface area is 89.6 Å². The van der Waals surface area contributed by atoms with Crippen LogP contribution in [0.4, 0.5) is 0 Å². The number of hydrogen-bond acceptors (Lipinski definition) is 4. The highest BCUT2D eigenvalue weighted by atomic mass is 32.2. The van der Waals surface area contributed by atoms with E-state index < -0.39 is 10.0 Å². The number of carbonyl (C=O) groups excluding carboxylic acids is 1. The van der Waals surface area contributed by atoms with E-state index in [9.17, 15) is 13.2 Å². The first-order valence-electron chi connectivity index (χ1n) is 4.82. The average molecular weight is 236 g/mol. The molecule has 0 unspecified atom stereocenters. The lowest BCUT2D eigenvalue weighted by atomic mass is 10.5. The Balaban J connectivity index is 2.40. The van der Waals surface area contributed by atoms with Gasteiger partial charge in [0.25, 0.3) is 0 Å². The van der Waals surface area contributed by atoms with Crippen LogP contribution in [-0.4, -0.2) is 57.2 Å². The van der Waals surface area contributed by atoms with Gasteiger partial charge in [0.2, 0.25) is 15.9 Å². The monoisotopic (exact) mass is 236 g/mol. The minimum absolute atomic E-state index is 0.0490. The van der Waals surface area contributed by atoms with Crippen LogP contribution in [0.15, 0.2) is 0 Å². The van der Waals surface area contributed by atoms with Crippen molar-refractivity contribution in [1.82, 2.24) is 9.62 Å². The van der Waals surface area contributed by atoms with E-state index in [0.717, 1.165) is 0 Å². The molecule has 1 aliphatic heterocycles. The van der Waals surface area contributed by atoms with Gasteiger partial charge in [0, 0.05) is 26.6 Å². The Hall–Kier alpha value is -0.660. The summed E-state index contributed by atoms with van der Waals surface area (Å²) in [5.41, 5.74) is 0. The lowest BCUT2D eigenvalue weighted by Gasteiger charge is -2.25. The van der Waals surface area contributed by atoms with Gasteiger partial charge in [-0.25, -0.2) is 8.42 Å². The zero-order valence-electron chi connectivity index (χ0n) is 8.73. The summed E-state index contributed by atoms with van der Waals surface area (Å²) in [4.78, 5) is 10.6. The highest BCUT2D eigenvalue weighted by molar-refractivity contribution is 7.89. The number of amides is 1. The van der Waals surface area contributed by atoms with Gasteiger partial charge in [0.1, 0.15) is 0 Å². The molecular formula is C8H16N2O4S. The molecule has 1 fully saturated rings. The highest BCUT2D eigenvalue weighted by Gasteiger charge is 2.23. The molecule has 0 radical (unpaired) electrons. The molecule has 1 rings (SSSR count). The number of sulfonamides is 1. The molecule has 1 saturated heterocycles. The van der Waals surface area contributed by atoms with Crippen molar-refractivity contribution >= 4 is 15.9 Å². The van der Waals surface area contributed by atoms with Crippen LogP contribution in [0.25, 0.3) is 0 Å². The maximum atomic E-state index is 11.7. The quantitative estimate of drug-likeness (QED) is 0.664. The summed E-state index contributed by atoms with van der Waals surface area (Å²) in [6.45, 7) is 3.22. The fourth-order valence-electron chi connectivity index (χ4n) is 1.31. The van der Waals surface area contributed by atoms with Gasteiger partial charge in [0.05, 0.1) is 19.0 Å². The average Bonchev–Trinajstić information content (AvgIpc) is 2.18. The van der Waals surface area contributed by atoms with Crippen LogP contribution in [0, 0.1) is 0 Å². The van der Waals surface area contributed by atoms with Crippen molar-refractivity contribution in [2.75, 3.05) is 38.6 Å². The second-order valence-electron chi connectivity index (χ2n) is 3.31. The third-order valence-electron chi connectivity index (χ3n) is 2.10. The van der Waals surface area contributed by atoms with E-state index in [1.165, 1.54) is 11.2 Å². The van der Waals surface area contributed by atoms with Crippen LogP contribution in [-0.2, 0) is 19.6 Å². The van der Waals surface area contributed by atoms with Crippen LogP contribution >= 0.6 is 0 Å². The van der Waals surface area contributed by atoms with Crippen LogP contribution < -0.4 is 5.32 Å². The van der Waals surface area contributed by atoms with Crippen molar-refractivity contribution < 1.29 is 17.9 Å². The lowest BCUT2D eigenvalue weighted by Crippen LogP contribution is -2.43. The topological polar surface area (TPSA) is 75.7 Å². The molecular weight excluding hydrogens is 220 g/mol. The van der Waals surface area contributed by atoms with Crippen molar-refractivity contribution in [2.45, 2.75) is 6.92 Å². The largest absolute Gasteiger partial charge is 0.379 e.